The summed E-state index contributed by atoms with van der Waals surface area (Å²) >= 11 is 6.27. The number of ketones is 1. The number of anilines is 1. The number of halogens is 1. The van der Waals surface area contributed by atoms with Gasteiger partial charge in [0.2, 0.25) is 0 Å². The van der Waals surface area contributed by atoms with Crippen molar-refractivity contribution in [2.75, 3.05) is 4.90 Å². The number of rotatable bonds is 3. The predicted molar refractivity (Wildman–Crippen MR) is 142 cm³/mol. The fourth-order valence-corrected chi connectivity index (χ4v) is 5.83. The molecule has 1 aliphatic heterocycles. The molecule has 4 aromatic rings. The molecule has 0 spiro atoms. The van der Waals surface area contributed by atoms with Crippen molar-refractivity contribution < 1.29 is 14.7 Å². The first-order valence-corrected chi connectivity index (χ1v) is 12.5. The van der Waals surface area contributed by atoms with Gasteiger partial charge in [0, 0.05) is 46.0 Å². The number of carbonyl (C=O) groups is 2. The minimum absolute atomic E-state index is 0.0899. The van der Waals surface area contributed by atoms with Crippen molar-refractivity contribution >= 4 is 45.6 Å². The third-order valence-electron chi connectivity index (χ3n) is 7.38. The molecular formula is C30H25ClN2O3. The number of aryl methyl sites for hydroxylation is 3. The van der Waals surface area contributed by atoms with E-state index in [-0.39, 0.29) is 11.3 Å². The third kappa shape index (κ3) is 3.54. The number of benzene rings is 3. The smallest absolute Gasteiger partial charge is 0.300 e. The number of Topliss-reactive ketones (excluding diaryl/α,β-unsaturated/α-hetero) is 1. The van der Waals surface area contributed by atoms with E-state index in [4.69, 9.17) is 11.6 Å². The van der Waals surface area contributed by atoms with Crippen molar-refractivity contribution in [1.82, 2.24) is 4.57 Å². The standard InChI is InChI=1S/C30H25ClN2O3/c1-32-17-24(23-11-4-5-12-25(23)32)27-26(28(34)20-14-13-18-7-2-3-8-19(18)15-20)29(35)30(36)33(27)22-10-6-9-21(31)16-22/h4-6,9-17,27,34H,2-3,7-8H2,1H3/b28-26+. The SMILES string of the molecule is Cn1cc(C2/C(=C(\O)c3ccc4c(c3)CCCC4)C(=O)C(=O)N2c2cccc(Cl)c2)c2ccccc21. The first-order chi connectivity index (χ1) is 17.4. The topological polar surface area (TPSA) is 62.5 Å². The monoisotopic (exact) mass is 496 g/mol. The van der Waals surface area contributed by atoms with Gasteiger partial charge in [0.15, 0.2) is 0 Å². The van der Waals surface area contributed by atoms with E-state index < -0.39 is 17.7 Å². The van der Waals surface area contributed by atoms with Crippen LogP contribution < -0.4 is 4.90 Å². The molecular weight excluding hydrogens is 472 g/mol. The Bertz CT molecular complexity index is 1580. The van der Waals surface area contributed by atoms with Gasteiger partial charge >= 0.3 is 0 Å². The molecule has 1 N–H and O–H groups in total. The van der Waals surface area contributed by atoms with Crippen LogP contribution in [0.4, 0.5) is 5.69 Å². The van der Waals surface area contributed by atoms with Crippen LogP contribution in [0.3, 0.4) is 0 Å². The van der Waals surface area contributed by atoms with Crippen LogP contribution in [0.15, 0.2) is 78.5 Å². The molecule has 0 saturated carbocycles. The molecule has 1 aromatic heterocycles. The maximum absolute atomic E-state index is 13.6. The molecule has 2 heterocycles. The Morgan fingerprint density at radius 3 is 2.53 bits per heavy atom. The maximum Gasteiger partial charge on any atom is 0.300 e. The Morgan fingerprint density at radius 1 is 0.944 bits per heavy atom. The maximum atomic E-state index is 13.6. The summed E-state index contributed by atoms with van der Waals surface area (Å²) < 4.78 is 1.97. The number of fused-ring (bicyclic) bond motifs is 2. The van der Waals surface area contributed by atoms with Crippen molar-refractivity contribution in [2.45, 2.75) is 31.7 Å². The number of aliphatic hydroxyl groups excluding tert-OH is 1. The number of hydrogen-bond acceptors (Lipinski definition) is 3. The zero-order chi connectivity index (χ0) is 25.0. The van der Waals surface area contributed by atoms with Gasteiger partial charge in [-0.1, -0.05) is 48.0 Å². The van der Waals surface area contributed by atoms with E-state index >= 15 is 0 Å². The van der Waals surface area contributed by atoms with Gasteiger partial charge in [0.25, 0.3) is 11.7 Å². The largest absolute Gasteiger partial charge is 0.507 e. The van der Waals surface area contributed by atoms with Crippen LogP contribution in [0.5, 0.6) is 0 Å². The summed E-state index contributed by atoms with van der Waals surface area (Å²) in [7, 11) is 1.93. The molecule has 0 radical (unpaired) electrons. The quantitative estimate of drug-likeness (QED) is 0.204. The van der Waals surface area contributed by atoms with Gasteiger partial charge in [-0.3, -0.25) is 14.5 Å². The average Bonchev–Trinajstić information content (AvgIpc) is 3.36. The van der Waals surface area contributed by atoms with Crippen LogP contribution in [0, 0.1) is 0 Å². The van der Waals surface area contributed by atoms with E-state index in [0.29, 0.717) is 16.3 Å². The molecule has 3 aromatic carbocycles. The third-order valence-corrected chi connectivity index (χ3v) is 7.61. The van der Waals surface area contributed by atoms with Crippen LogP contribution in [0.1, 0.15) is 41.1 Å². The van der Waals surface area contributed by atoms with Crippen molar-refractivity contribution in [3.05, 3.63) is 106 Å². The Hall–Kier alpha value is -3.83. The van der Waals surface area contributed by atoms with Crippen molar-refractivity contribution in [3.8, 4) is 0 Å². The lowest BCUT2D eigenvalue weighted by Gasteiger charge is -2.25. The second kappa shape index (κ2) is 8.68. The lowest BCUT2D eigenvalue weighted by Crippen LogP contribution is -2.29. The summed E-state index contributed by atoms with van der Waals surface area (Å²) in [5.41, 5.74) is 5.37. The number of aromatic nitrogens is 1. The van der Waals surface area contributed by atoms with E-state index in [0.717, 1.165) is 42.1 Å². The molecule has 5 nitrogen and oxygen atoms in total. The molecule has 1 atom stereocenters. The number of amides is 1. The van der Waals surface area contributed by atoms with E-state index in [2.05, 4.69) is 0 Å². The molecule has 0 bridgehead atoms. The number of para-hydroxylation sites is 1. The second-order valence-electron chi connectivity index (χ2n) is 9.55. The van der Waals surface area contributed by atoms with Crippen LogP contribution in [-0.2, 0) is 29.5 Å². The average molecular weight is 497 g/mol. The van der Waals surface area contributed by atoms with E-state index in [1.807, 2.05) is 60.3 Å². The Labute approximate surface area is 214 Å². The molecule has 1 amide bonds. The van der Waals surface area contributed by atoms with Crippen LogP contribution >= 0.6 is 11.6 Å². The Balaban J connectivity index is 1.60. The van der Waals surface area contributed by atoms with Gasteiger partial charge in [-0.2, -0.15) is 0 Å². The fourth-order valence-electron chi connectivity index (χ4n) is 5.65. The zero-order valence-corrected chi connectivity index (χ0v) is 20.6. The molecule has 1 aliphatic carbocycles. The zero-order valence-electron chi connectivity index (χ0n) is 19.9. The predicted octanol–water partition coefficient (Wildman–Crippen LogP) is 6.34. The summed E-state index contributed by atoms with van der Waals surface area (Å²) in [6.45, 7) is 0. The number of aliphatic hydroxyl groups is 1. The van der Waals surface area contributed by atoms with Gasteiger partial charge in [0.1, 0.15) is 5.76 Å². The molecule has 6 rings (SSSR count). The highest BCUT2D eigenvalue weighted by Crippen LogP contribution is 2.45. The molecule has 1 saturated heterocycles. The highest BCUT2D eigenvalue weighted by Gasteiger charge is 2.48. The minimum Gasteiger partial charge on any atom is -0.507 e. The van der Waals surface area contributed by atoms with E-state index in [1.165, 1.54) is 16.0 Å². The summed E-state index contributed by atoms with van der Waals surface area (Å²) in [6.07, 6.45) is 6.15. The van der Waals surface area contributed by atoms with Crippen molar-refractivity contribution in [2.24, 2.45) is 7.05 Å². The van der Waals surface area contributed by atoms with E-state index in [9.17, 15) is 14.7 Å². The van der Waals surface area contributed by atoms with Gasteiger partial charge in [-0.05, 0) is 67.1 Å². The Morgan fingerprint density at radius 2 is 1.72 bits per heavy atom. The summed E-state index contributed by atoms with van der Waals surface area (Å²) in [4.78, 5) is 28.5. The first-order valence-electron chi connectivity index (χ1n) is 12.2. The van der Waals surface area contributed by atoms with Gasteiger partial charge in [-0.25, -0.2) is 0 Å². The number of nitrogens with zero attached hydrogens (tertiary/aromatic N) is 2. The molecule has 1 unspecified atom stereocenters. The molecule has 180 valence electrons. The normalized spacial score (nSPS) is 19.2. The molecule has 36 heavy (non-hydrogen) atoms. The lowest BCUT2D eigenvalue weighted by atomic mass is 9.88. The minimum atomic E-state index is -0.800. The van der Waals surface area contributed by atoms with Gasteiger partial charge < -0.3 is 9.67 Å². The fraction of sp³-hybridized carbons (Fsp3) is 0.200. The number of carbonyl (C=O) groups excluding carboxylic acids is 2. The number of hydrogen-bond donors (Lipinski definition) is 1. The van der Waals surface area contributed by atoms with E-state index in [1.54, 1.807) is 24.3 Å². The van der Waals surface area contributed by atoms with Gasteiger partial charge in [0.05, 0.1) is 11.6 Å². The van der Waals surface area contributed by atoms with Crippen molar-refractivity contribution in [3.63, 3.8) is 0 Å². The first kappa shape index (κ1) is 22.6. The lowest BCUT2D eigenvalue weighted by molar-refractivity contribution is -0.132. The highest BCUT2D eigenvalue weighted by atomic mass is 35.5. The highest BCUT2D eigenvalue weighted by molar-refractivity contribution is 6.52. The summed E-state index contributed by atoms with van der Waals surface area (Å²) in [5, 5.41) is 13.0. The van der Waals surface area contributed by atoms with Crippen molar-refractivity contribution in [1.29, 1.82) is 0 Å². The van der Waals surface area contributed by atoms with Crippen LogP contribution in [-0.4, -0.2) is 21.4 Å². The summed E-state index contributed by atoms with van der Waals surface area (Å²) in [6, 6.07) is 19.8. The molecule has 6 heteroatoms. The van der Waals surface area contributed by atoms with Crippen LogP contribution in [0.2, 0.25) is 5.02 Å². The molecule has 2 aliphatic rings. The van der Waals surface area contributed by atoms with Gasteiger partial charge in [-0.15, -0.1) is 0 Å². The van der Waals surface area contributed by atoms with Crippen LogP contribution in [0.25, 0.3) is 16.7 Å². The summed E-state index contributed by atoms with van der Waals surface area (Å²) in [5.74, 6) is -1.54. The Kier molecular flexibility index (Phi) is 5.45. The molecule has 1 fully saturated rings. The second-order valence-corrected chi connectivity index (χ2v) is 9.99.